The van der Waals surface area contributed by atoms with Gasteiger partial charge in [0.2, 0.25) is 0 Å². The van der Waals surface area contributed by atoms with E-state index in [4.69, 9.17) is 15.0 Å². The number of nitriles is 1. The normalized spacial score (nSPS) is 11.3. The Labute approximate surface area is 372 Å². The zero-order chi connectivity index (χ0) is 43.0. The van der Waals surface area contributed by atoms with E-state index in [1.807, 2.05) is 60.7 Å². The fourth-order valence-electron chi connectivity index (χ4n) is 9.31. The van der Waals surface area contributed by atoms with Crippen LogP contribution in [-0.2, 0) is 12.8 Å². The lowest BCUT2D eigenvalue weighted by atomic mass is 9.90. The minimum Gasteiger partial charge on any atom is -0.309 e. The van der Waals surface area contributed by atoms with E-state index in [1.54, 1.807) is 0 Å². The number of nitrogens with zero attached hydrogens (tertiary/aromatic N) is 5. The monoisotopic (exact) mass is 819 g/mol. The van der Waals surface area contributed by atoms with Gasteiger partial charge in [-0.15, -0.1) is 0 Å². The first-order valence-corrected chi connectivity index (χ1v) is 21.7. The highest BCUT2D eigenvalue weighted by atomic mass is 15.0. The second kappa shape index (κ2) is 16.4. The minimum atomic E-state index is 0.542. The van der Waals surface area contributed by atoms with Gasteiger partial charge in [-0.1, -0.05) is 176 Å². The molecule has 0 bridgehead atoms. The van der Waals surface area contributed by atoms with Crippen LogP contribution in [0.3, 0.4) is 0 Å². The highest BCUT2D eigenvalue weighted by molar-refractivity contribution is 6.13. The van der Waals surface area contributed by atoms with Gasteiger partial charge in [0.1, 0.15) is 0 Å². The van der Waals surface area contributed by atoms with Crippen LogP contribution in [0.4, 0.5) is 0 Å². The molecule has 0 fully saturated rings. The van der Waals surface area contributed by atoms with Gasteiger partial charge in [-0.25, -0.2) is 15.0 Å². The zero-order valence-electron chi connectivity index (χ0n) is 35.3. The Bertz CT molecular complexity index is 3560. The van der Waals surface area contributed by atoms with E-state index >= 15 is 0 Å². The summed E-state index contributed by atoms with van der Waals surface area (Å²) < 4.78 is 2.43. The lowest BCUT2D eigenvalue weighted by molar-refractivity contribution is 0.957. The van der Waals surface area contributed by atoms with Gasteiger partial charge in [0.25, 0.3) is 0 Å². The molecule has 0 aliphatic heterocycles. The number of hydrogen-bond acceptors (Lipinski definition) is 4. The molecule has 11 rings (SSSR count). The highest BCUT2D eigenvalue weighted by Crippen LogP contribution is 2.41. The fourth-order valence-corrected chi connectivity index (χ4v) is 9.31. The number of rotatable bonds is 9. The fraction of sp³-hybridized carbons (Fsp3) is 0.0508. The third-order valence-corrected chi connectivity index (χ3v) is 12.5. The molecule has 5 heteroatoms. The lowest BCUT2D eigenvalue weighted by Gasteiger charge is -2.16. The van der Waals surface area contributed by atoms with Crippen molar-refractivity contribution in [2.24, 2.45) is 0 Å². The maximum Gasteiger partial charge on any atom is 0.164 e. The van der Waals surface area contributed by atoms with Gasteiger partial charge in [-0.05, 0) is 94.4 Å². The summed E-state index contributed by atoms with van der Waals surface area (Å²) in [6, 6.07) is 74.3. The van der Waals surface area contributed by atoms with Crippen LogP contribution in [0.15, 0.2) is 206 Å². The molecule has 0 spiro atoms. The first-order valence-electron chi connectivity index (χ1n) is 21.7. The van der Waals surface area contributed by atoms with Crippen molar-refractivity contribution in [2.45, 2.75) is 19.8 Å². The van der Waals surface area contributed by atoms with Crippen LogP contribution >= 0.6 is 0 Å². The predicted molar refractivity (Wildman–Crippen MR) is 262 cm³/mol. The molecule has 9 aromatic carbocycles. The largest absolute Gasteiger partial charge is 0.309 e. The molecule has 0 N–H and O–H groups in total. The van der Waals surface area contributed by atoms with E-state index in [2.05, 4.69) is 163 Å². The average Bonchev–Trinajstić information content (AvgIpc) is 3.71. The molecule has 0 saturated carbocycles. The summed E-state index contributed by atoms with van der Waals surface area (Å²) in [4.78, 5) is 15.2. The number of benzene rings is 9. The third-order valence-electron chi connectivity index (χ3n) is 12.5. The summed E-state index contributed by atoms with van der Waals surface area (Å²) >= 11 is 0. The minimum absolute atomic E-state index is 0.542. The smallest absolute Gasteiger partial charge is 0.164 e. The molecule has 302 valence electrons. The maximum absolute atomic E-state index is 10.1. The van der Waals surface area contributed by atoms with Gasteiger partial charge in [0.15, 0.2) is 17.5 Å². The molecule has 0 saturated heterocycles. The summed E-state index contributed by atoms with van der Waals surface area (Å²) in [6.45, 7) is 2.27. The number of aromatic nitrogens is 4. The molecule has 64 heavy (non-hydrogen) atoms. The molecule has 2 aromatic heterocycles. The Morgan fingerprint density at radius 2 is 1.02 bits per heavy atom. The Morgan fingerprint density at radius 3 is 1.78 bits per heavy atom. The van der Waals surface area contributed by atoms with Gasteiger partial charge in [0.05, 0.1) is 28.4 Å². The van der Waals surface area contributed by atoms with Crippen molar-refractivity contribution in [3.8, 4) is 68.2 Å². The van der Waals surface area contributed by atoms with Crippen molar-refractivity contribution in [3.05, 3.63) is 229 Å². The van der Waals surface area contributed by atoms with E-state index in [9.17, 15) is 5.26 Å². The highest BCUT2D eigenvalue weighted by Gasteiger charge is 2.20. The molecular weight excluding hydrogens is 779 g/mol. The molecule has 0 unspecified atom stereocenters. The number of fused-ring (bicyclic) bond motifs is 4. The van der Waals surface area contributed by atoms with Crippen molar-refractivity contribution in [1.29, 1.82) is 5.26 Å². The van der Waals surface area contributed by atoms with Crippen LogP contribution in [0.5, 0.6) is 0 Å². The quantitative estimate of drug-likeness (QED) is 0.145. The Morgan fingerprint density at radius 1 is 0.438 bits per heavy atom. The van der Waals surface area contributed by atoms with E-state index in [0.717, 1.165) is 39.8 Å². The summed E-state index contributed by atoms with van der Waals surface area (Å²) in [5.74, 6) is 1.70. The van der Waals surface area contributed by atoms with Gasteiger partial charge < -0.3 is 4.57 Å². The van der Waals surface area contributed by atoms with E-state index < -0.39 is 0 Å². The number of hydrogen-bond donors (Lipinski definition) is 0. The first kappa shape index (κ1) is 38.5. The summed E-state index contributed by atoms with van der Waals surface area (Å²) in [7, 11) is 0. The molecule has 0 amide bonds. The Hall–Kier alpha value is -8.46. The molecule has 0 radical (unpaired) electrons. The van der Waals surface area contributed by atoms with Gasteiger partial charge in [-0.2, -0.15) is 5.26 Å². The Balaban J connectivity index is 0.983. The van der Waals surface area contributed by atoms with Crippen LogP contribution in [0.1, 0.15) is 22.3 Å². The van der Waals surface area contributed by atoms with Gasteiger partial charge in [0, 0.05) is 32.8 Å². The van der Waals surface area contributed by atoms with E-state index in [-0.39, 0.29) is 0 Å². The molecule has 0 aliphatic carbocycles. The molecular formula is C59H41N5. The van der Waals surface area contributed by atoms with E-state index in [1.165, 1.54) is 60.5 Å². The van der Waals surface area contributed by atoms with Crippen LogP contribution in [0.2, 0.25) is 0 Å². The number of aryl methyl sites for hydroxylation is 3. The molecule has 0 atom stereocenters. The average molecular weight is 820 g/mol. The van der Waals surface area contributed by atoms with Crippen molar-refractivity contribution in [2.75, 3.05) is 0 Å². The standard InChI is InChI=1S/C59H41N5/c1-39-48(35-36-55-56(39)51-24-12-13-25-54(51)64(55)53-26-14-21-43-17-9-11-23-50(43)53)49-22-10-8-18-44(49)31-32-45-28-27-40(38-60)37-52(45)59-62-57(46-19-6-3-7-20-46)61-58(63-59)47-33-29-42(30-34-47)41-15-4-2-5-16-41/h2-30,33-37H,31-32H2,1H3. The summed E-state index contributed by atoms with van der Waals surface area (Å²) in [5, 5.41) is 15.1. The van der Waals surface area contributed by atoms with Crippen molar-refractivity contribution in [1.82, 2.24) is 19.5 Å². The topological polar surface area (TPSA) is 67.4 Å². The van der Waals surface area contributed by atoms with E-state index in [0.29, 0.717) is 29.5 Å². The SMILES string of the molecule is Cc1c(-c2ccccc2CCc2ccc(C#N)cc2-c2nc(-c3ccccc3)nc(-c3ccc(-c4ccccc4)cc3)n2)ccc2c1c1ccccc1n2-c1cccc2ccccc12. The zero-order valence-corrected chi connectivity index (χ0v) is 35.3. The number of para-hydroxylation sites is 1. The van der Waals surface area contributed by atoms with Crippen LogP contribution in [-0.4, -0.2) is 19.5 Å². The van der Waals surface area contributed by atoms with Crippen LogP contribution in [0.25, 0.3) is 94.7 Å². The second-order valence-corrected chi connectivity index (χ2v) is 16.2. The van der Waals surface area contributed by atoms with Crippen LogP contribution < -0.4 is 0 Å². The van der Waals surface area contributed by atoms with Crippen molar-refractivity contribution >= 4 is 32.6 Å². The third kappa shape index (κ3) is 6.98. The molecule has 2 heterocycles. The first-order chi connectivity index (χ1) is 31.6. The van der Waals surface area contributed by atoms with Gasteiger partial charge >= 0.3 is 0 Å². The summed E-state index contributed by atoms with van der Waals surface area (Å²) in [5.41, 5.74) is 15.0. The molecule has 5 nitrogen and oxygen atoms in total. The Kier molecular flexibility index (Phi) is 9.88. The second-order valence-electron chi connectivity index (χ2n) is 16.2. The van der Waals surface area contributed by atoms with Crippen molar-refractivity contribution in [3.63, 3.8) is 0 Å². The van der Waals surface area contributed by atoms with Crippen LogP contribution in [0, 0.1) is 18.3 Å². The molecule has 11 aromatic rings. The lowest BCUT2D eigenvalue weighted by Crippen LogP contribution is -2.03. The van der Waals surface area contributed by atoms with Crippen molar-refractivity contribution < 1.29 is 0 Å². The molecule has 0 aliphatic rings. The maximum atomic E-state index is 10.1. The summed E-state index contributed by atoms with van der Waals surface area (Å²) in [6.07, 6.45) is 1.49. The van der Waals surface area contributed by atoms with Gasteiger partial charge in [-0.3, -0.25) is 0 Å². The predicted octanol–water partition coefficient (Wildman–Crippen LogP) is 14.4.